The standard InChI is InChI=1S/C24H34O6/c1-13-9-15-10-16(26)5-7-22(15,3)21-18(27)11-23(4)17(20(13)21)6-8-24(23,29)19(28)12-30-14(2)25/h10,13,17-18,20-21,27,29H,5-9,11-12H2,1-4H3. The highest BCUT2D eigenvalue weighted by molar-refractivity contribution is 5.92. The first-order valence-corrected chi connectivity index (χ1v) is 11.2. The molecule has 4 rings (SSSR count). The van der Waals surface area contributed by atoms with E-state index in [9.17, 15) is 24.6 Å². The number of rotatable bonds is 3. The number of Topliss-reactive ketones (excluding diaryl/α,β-unsaturated/α-hetero) is 1. The number of hydrogen-bond acceptors (Lipinski definition) is 6. The Hall–Kier alpha value is -1.53. The lowest BCUT2D eigenvalue weighted by atomic mass is 9.43. The summed E-state index contributed by atoms with van der Waals surface area (Å²) < 4.78 is 4.91. The van der Waals surface area contributed by atoms with Crippen molar-refractivity contribution in [1.29, 1.82) is 0 Å². The van der Waals surface area contributed by atoms with Gasteiger partial charge in [-0.1, -0.05) is 26.3 Å². The Kier molecular flexibility index (Phi) is 5.06. The molecule has 0 heterocycles. The third-order valence-electron chi connectivity index (χ3n) is 9.27. The van der Waals surface area contributed by atoms with E-state index < -0.39 is 35.5 Å². The number of ether oxygens (including phenoxy) is 1. The SMILES string of the molecule is CC(=O)OCC(=O)C1(O)CCC2C3C(C)CC4=CC(=O)CCC4(C)C3C(O)CC21C. The van der Waals surface area contributed by atoms with Crippen LogP contribution in [0.15, 0.2) is 11.6 Å². The predicted molar refractivity (Wildman–Crippen MR) is 109 cm³/mol. The van der Waals surface area contributed by atoms with Gasteiger partial charge in [0.25, 0.3) is 0 Å². The molecule has 0 aromatic carbocycles. The number of carbonyl (C=O) groups is 3. The topological polar surface area (TPSA) is 101 Å². The summed E-state index contributed by atoms with van der Waals surface area (Å²) >= 11 is 0. The van der Waals surface area contributed by atoms with Gasteiger partial charge in [-0.15, -0.1) is 0 Å². The number of aliphatic hydroxyl groups excluding tert-OH is 1. The first-order valence-electron chi connectivity index (χ1n) is 11.2. The van der Waals surface area contributed by atoms with Crippen LogP contribution in [0.5, 0.6) is 0 Å². The number of ketones is 2. The molecule has 0 spiro atoms. The summed E-state index contributed by atoms with van der Waals surface area (Å²) in [6.45, 7) is 7.11. The smallest absolute Gasteiger partial charge is 0.303 e. The van der Waals surface area contributed by atoms with Gasteiger partial charge >= 0.3 is 5.97 Å². The Bertz CT molecular complexity index is 817. The van der Waals surface area contributed by atoms with Crippen LogP contribution in [-0.2, 0) is 19.1 Å². The van der Waals surface area contributed by atoms with Crippen molar-refractivity contribution >= 4 is 17.5 Å². The lowest BCUT2D eigenvalue weighted by Crippen LogP contribution is -2.63. The molecule has 6 nitrogen and oxygen atoms in total. The summed E-state index contributed by atoms with van der Waals surface area (Å²) in [5.74, 6) is -0.292. The van der Waals surface area contributed by atoms with E-state index >= 15 is 0 Å². The Morgan fingerprint density at radius 3 is 2.63 bits per heavy atom. The number of carbonyl (C=O) groups excluding carboxylic acids is 3. The molecule has 166 valence electrons. The van der Waals surface area contributed by atoms with Gasteiger partial charge in [0.05, 0.1) is 6.10 Å². The second kappa shape index (κ2) is 6.99. The van der Waals surface area contributed by atoms with E-state index in [1.165, 1.54) is 6.92 Å². The predicted octanol–water partition coefficient (Wildman–Crippen LogP) is 2.60. The van der Waals surface area contributed by atoms with Crippen molar-refractivity contribution in [2.45, 2.75) is 77.9 Å². The van der Waals surface area contributed by atoms with E-state index in [1.807, 2.05) is 13.0 Å². The summed E-state index contributed by atoms with van der Waals surface area (Å²) in [7, 11) is 0. The van der Waals surface area contributed by atoms with Crippen LogP contribution in [0.3, 0.4) is 0 Å². The van der Waals surface area contributed by atoms with E-state index in [0.29, 0.717) is 25.7 Å². The van der Waals surface area contributed by atoms with Gasteiger partial charge in [-0.25, -0.2) is 0 Å². The van der Waals surface area contributed by atoms with Gasteiger partial charge in [-0.3, -0.25) is 14.4 Å². The largest absolute Gasteiger partial charge is 0.458 e. The average molecular weight is 419 g/mol. The Balaban J connectivity index is 1.70. The van der Waals surface area contributed by atoms with Gasteiger partial charge in [0.15, 0.2) is 12.4 Å². The summed E-state index contributed by atoms with van der Waals surface area (Å²) in [5.41, 5.74) is -1.41. The molecule has 0 aromatic rings. The summed E-state index contributed by atoms with van der Waals surface area (Å²) in [4.78, 5) is 36.2. The molecule has 0 aliphatic heterocycles. The van der Waals surface area contributed by atoms with Crippen LogP contribution in [0, 0.1) is 34.5 Å². The Morgan fingerprint density at radius 2 is 1.97 bits per heavy atom. The fourth-order valence-electron chi connectivity index (χ4n) is 7.76. The van der Waals surface area contributed by atoms with E-state index in [4.69, 9.17) is 4.74 Å². The zero-order valence-electron chi connectivity index (χ0n) is 18.4. The zero-order chi connectivity index (χ0) is 22.1. The van der Waals surface area contributed by atoms with Crippen LogP contribution in [0.4, 0.5) is 0 Å². The van der Waals surface area contributed by atoms with Gasteiger partial charge in [0.1, 0.15) is 5.60 Å². The van der Waals surface area contributed by atoms with E-state index in [-0.39, 0.29) is 34.9 Å². The molecule has 0 aromatic heterocycles. The lowest BCUT2D eigenvalue weighted by molar-refractivity contribution is -0.190. The van der Waals surface area contributed by atoms with Crippen molar-refractivity contribution < 1.29 is 29.3 Å². The molecule has 6 heteroatoms. The Labute approximate surface area is 178 Å². The molecule has 8 unspecified atom stereocenters. The molecule has 3 fully saturated rings. The fourth-order valence-corrected chi connectivity index (χ4v) is 7.76. The minimum absolute atomic E-state index is 0.0181. The summed E-state index contributed by atoms with van der Waals surface area (Å²) in [6.07, 6.45) is 4.61. The van der Waals surface area contributed by atoms with Crippen LogP contribution in [0.1, 0.15) is 66.2 Å². The van der Waals surface area contributed by atoms with E-state index in [1.54, 1.807) is 0 Å². The molecular weight excluding hydrogens is 384 g/mol. The van der Waals surface area contributed by atoms with Gasteiger partial charge in [-0.05, 0) is 67.3 Å². The maximum Gasteiger partial charge on any atom is 0.303 e. The lowest BCUT2D eigenvalue weighted by Gasteiger charge is -2.62. The number of esters is 1. The van der Waals surface area contributed by atoms with Crippen LogP contribution in [0.2, 0.25) is 0 Å². The molecule has 0 radical (unpaired) electrons. The molecule has 0 bridgehead atoms. The fraction of sp³-hybridized carbons (Fsp3) is 0.792. The highest BCUT2D eigenvalue weighted by Gasteiger charge is 2.69. The van der Waals surface area contributed by atoms with Crippen LogP contribution >= 0.6 is 0 Å². The highest BCUT2D eigenvalue weighted by atomic mass is 16.5. The van der Waals surface area contributed by atoms with Gasteiger partial charge in [-0.2, -0.15) is 0 Å². The second-order valence-electron chi connectivity index (χ2n) is 10.7. The highest BCUT2D eigenvalue weighted by Crippen LogP contribution is 2.68. The molecule has 0 amide bonds. The van der Waals surface area contributed by atoms with Crippen LogP contribution in [-0.4, -0.2) is 46.1 Å². The van der Waals surface area contributed by atoms with Crippen molar-refractivity contribution in [3.63, 3.8) is 0 Å². The number of fused-ring (bicyclic) bond motifs is 5. The first-order chi connectivity index (χ1) is 13.9. The first kappa shape index (κ1) is 21.7. The maximum atomic E-state index is 13.0. The summed E-state index contributed by atoms with van der Waals surface area (Å²) in [5, 5.41) is 23.0. The van der Waals surface area contributed by atoms with Crippen LogP contribution < -0.4 is 0 Å². The number of aliphatic hydroxyl groups is 2. The van der Waals surface area contributed by atoms with E-state index in [0.717, 1.165) is 18.4 Å². The van der Waals surface area contributed by atoms with Crippen LogP contribution in [0.25, 0.3) is 0 Å². The third-order valence-corrected chi connectivity index (χ3v) is 9.27. The maximum absolute atomic E-state index is 13.0. The molecule has 3 saturated carbocycles. The third kappa shape index (κ3) is 2.86. The molecule has 0 saturated heterocycles. The average Bonchev–Trinajstić information content (AvgIpc) is 2.92. The summed E-state index contributed by atoms with van der Waals surface area (Å²) in [6, 6.07) is 0. The van der Waals surface area contributed by atoms with Gasteiger partial charge < -0.3 is 14.9 Å². The molecule has 30 heavy (non-hydrogen) atoms. The number of allylic oxidation sites excluding steroid dienone is 1. The van der Waals surface area contributed by atoms with E-state index in [2.05, 4.69) is 13.8 Å². The molecule has 8 atom stereocenters. The quantitative estimate of drug-likeness (QED) is 0.683. The number of hydrogen-bond donors (Lipinski definition) is 2. The van der Waals surface area contributed by atoms with Crippen molar-refractivity contribution in [3.05, 3.63) is 11.6 Å². The normalized spacial score (nSPS) is 47.6. The van der Waals surface area contributed by atoms with Crippen molar-refractivity contribution in [3.8, 4) is 0 Å². The minimum atomic E-state index is -1.60. The molecular formula is C24H34O6. The molecule has 4 aliphatic rings. The molecule has 4 aliphatic carbocycles. The van der Waals surface area contributed by atoms with Crippen molar-refractivity contribution in [2.24, 2.45) is 34.5 Å². The second-order valence-corrected chi connectivity index (χ2v) is 10.7. The van der Waals surface area contributed by atoms with Crippen molar-refractivity contribution in [2.75, 3.05) is 6.61 Å². The minimum Gasteiger partial charge on any atom is -0.458 e. The Morgan fingerprint density at radius 1 is 1.27 bits per heavy atom. The zero-order valence-corrected chi connectivity index (χ0v) is 18.4. The van der Waals surface area contributed by atoms with Gasteiger partial charge in [0, 0.05) is 18.8 Å². The van der Waals surface area contributed by atoms with Gasteiger partial charge in [0.2, 0.25) is 5.78 Å². The monoisotopic (exact) mass is 418 g/mol. The molecule has 2 N–H and O–H groups in total. The van der Waals surface area contributed by atoms with Crippen molar-refractivity contribution in [1.82, 2.24) is 0 Å².